The van der Waals surface area contributed by atoms with Crippen LogP contribution in [0.25, 0.3) is 11.0 Å². The lowest BCUT2D eigenvalue weighted by molar-refractivity contribution is -0.707. The topological polar surface area (TPSA) is 130 Å². The van der Waals surface area contributed by atoms with Crippen molar-refractivity contribution >= 4 is 44.8 Å². The molecule has 2 aromatic carbocycles. The fourth-order valence-corrected chi connectivity index (χ4v) is 6.86. The van der Waals surface area contributed by atoms with Gasteiger partial charge in [0.1, 0.15) is 23.2 Å². The van der Waals surface area contributed by atoms with E-state index >= 15 is 0 Å². The van der Waals surface area contributed by atoms with Crippen LogP contribution in [-0.2, 0) is 29.1 Å². The summed E-state index contributed by atoms with van der Waals surface area (Å²) in [5.41, 5.74) is 2.97. The number of hydrogen-bond acceptors (Lipinski definition) is 9. The molecule has 2 unspecified atom stereocenters. The van der Waals surface area contributed by atoms with Gasteiger partial charge < -0.3 is 25.0 Å². The molecule has 0 radical (unpaired) electrons. The van der Waals surface area contributed by atoms with E-state index in [0.717, 1.165) is 43.1 Å². The molecule has 240 valence electrons. The van der Waals surface area contributed by atoms with Gasteiger partial charge in [-0.2, -0.15) is 4.98 Å². The van der Waals surface area contributed by atoms with Gasteiger partial charge in [-0.15, -0.1) is 0 Å². The van der Waals surface area contributed by atoms with Crippen molar-refractivity contribution in [3.8, 4) is 5.75 Å². The maximum atomic E-state index is 14.2. The third-order valence-electron chi connectivity index (χ3n) is 7.99. The molecule has 1 saturated heterocycles. The standard InChI is InChI=1S/C33H38N8O4S/c1-39-22-36-28(32(39)46(43)17-16-44-3)21-41-30-23(18-29(31(41)42)40(2)25-8-5-4-6-9-25)19-35-33(38-30)37-24-11-13-26(14-12-24)45-27-10-7-15-34-20-27/h4-6,8-9,11-14,18-19,22,27,34H,7,10,15-17,20-21H2,1-3H3,(H,35,37,38,42)/p+1. The molecule has 5 aromatic rings. The van der Waals surface area contributed by atoms with E-state index in [4.69, 9.17) is 14.5 Å². The van der Waals surface area contributed by atoms with E-state index in [-0.39, 0.29) is 18.2 Å². The van der Waals surface area contributed by atoms with E-state index in [1.54, 1.807) is 28.8 Å². The van der Waals surface area contributed by atoms with E-state index < -0.39 is 10.8 Å². The van der Waals surface area contributed by atoms with E-state index in [0.29, 0.717) is 45.7 Å². The number of H-pyrrole nitrogens is 1. The van der Waals surface area contributed by atoms with Gasteiger partial charge in [0.2, 0.25) is 17.3 Å². The van der Waals surface area contributed by atoms with Crippen molar-refractivity contribution in [3.63, 3.8) is 0 Å². The lowest BCUT2D eigenvalue weighted by Crippen LogP contribution is -2.37. The zero-order valence-corrected chi connectivity index (χ0v) is 27.0. The average Bonchev–Trinajstić information content (AvgIpc) is 3.45. The van der Waals surface area contributed by atoms with Crippen LogP contribution in [0.3, 0.4) is 0 Å². The molecule has 1 fully saturated rings. The molecule has 1 aliphatic heterocycles. The number of imidazole rings is 1. The Morgan fingerprint density at radius 1 is 1.17 bits per heavy atom. The Labute approximate surface area is 269 Å². The molecule has 0 bridgehead atoms. The van der Waals surface area contributed by atoms with Crippen LogP contribution < -0.4 is 30.4 Å². The summed E-state index contributed by atoms with van der Waals surface area (Å²) in [6.45, 7) is 2.36. The van der Waals surface area contributed by atoms with E-state index in [9.17, 15) is 9.00 Å². The molecular weight excluding hydrogens is 604 g/mol. The number of methoxy groups -OCH3 is 1. The molecule has 6 rings (SSSR count). The number of para-hydroxylation sites is 1. The van der Waals surface area contributed by atoms with Gasteiger partial charge in [-0.25, -0.2) is 14.5 Å². The summed E-state index contributed by atoms with van der Waals surface area (Å²) in [6, 6.07) is 19.2. The Balaban J connectivity index is 1.36. The molecule has 0 aliphatic carbocycles. The van der Waals surface area contributed by atoms with Gasteiger partial charge in [-0.3, -0.25) is 13.6 Å². The number of anilines is 4. The predicted molar refractivity (Wildman–Crippen MR) is 179 cm³/mol. The van der Waals surface area contributed by atoms with Gasteiger partial charge in [0.25, 0.3) is 5.56 Å². The third kappa shape index (κ3) is 6.96. The fraction of sp³-hybridized carbons (Fsp3) is 0.333. The Kier molecular flexibility index (Phi) is 9.71. The number of benzene rings is 2. The van der Waals surface area contributed by atoms with Crippen molar-refractivity contribution in [1.82, 2.24) is 24.8 Å². The number of nitrogens with one attached hydrogen (secondary N) is 3. The monoisotopic (exact) mass is 643 g/mol. The van der Waals surface area contributed by atoms with Gasteiger partial charge in [0.05, 0.1) is 36.8 Å². The molecule has 2 atom stereocenters. The van der Waals surface area contributed by atoms with Crippen LogP contribution in [0, 0.1) is 0 Å². The third-order valence-corrected chi connectivity index (χ3v) is 9.50. The van der Waals surface area contributed by atoms with Crippen molar-refractivity contribution in [2.24, 2.45) is 7.05 Å². The van der Waals surface area contributed by atoms with Crippen LogP contribution in [0.2, 0.25) is 0 Å². The Morgan fingerprint density at radius 2 is 1.98 bits per heavy atom. The average molecular weight is 644 g/mol. The number of pyridine rings is 1. The highest BCUT2D eigenvalue weighted by atomic mass is 32.2. The predicted octanol–water partition coefficient (Wildman–Crippen LogP) is 3.39. The second-order valence-corrected chi connectivity index (χ2v) is 12.7. The summed E-state index contributed by atoms with van der Waals surface area (Å²) in [5.74, 6) is 1.48. The second-order valence-electron chi connectivity index (χ2n) is 11.2. The number of aromatic amines is 1. The van der Waals surface area contributed by atoms with Crippen molar-refractivity contribution in [2.45, 2.75) is 30.5 Å². The number of piperidine rings is 1. The van der Waals surface area contributed by atoms with Crippen molar-refractivity contribution < 1.29 is 18.2 Å². The summed E-state index contributed by atoms with van der Waals surface area (Å²) < 4.78 is 27.9. The number of ether oxygens (including phenoxy) is 2. The maximum Gasteiger partial charge on any atom is 0.276 e. The molecule has 46 heavy (non-hydrogen) atoms. The highest BCUT2D eigenvalue weighted by Gasteiger charge is 2.25. The zero-order chi connectivity index (χ0) is 32.0. The first kappa shape index (κ1) is 31.4. The van der Waals surface area contributed by atoms with Crippen molar-refractivity contribution in [1.29, 1.82) is 0 Å². The normalized spacial score (nSPS) is 15.5. The molecule has 4 heterocycles. The molecule has 0 amide bonds. The summed E-state index contributed by atoms with van der Waals surface area (Å²) >= 11 is 0. The minimum Gasteiger partial charge on any atom is -0.489 e. The number of hydrogen-bond donors (Lipinski definition) is 3. The largest absolute Gasteiger partial charge is 0.489 e. The van der Waals surface area contributed by atoms with Crippen LogP contribution in [-0.4, -0.2) is 69.4 Å². The lowest BCUT2D eigenvalue weighted by Gasteiger charge is -2.24. The highest BCUT2D eigenvalue weighted by molar-refractivity contribution is 7.84. The number of nitrogens with zero attached hydrogens (tertiary/aromatic N) is 5. The van der Waals surface area contributed by atoms with Gasteiger partial charge in [-0.1, -0.05) is 18.2 Å². The van der Waals surface area contributed by atoms with Crippen molar-refractivity contribution in [3.05, 3.63) is 89.2 Å². The van der Waals surface area contributed by atoms with Crippen LogP contribution in [0.5, 0.6) is 5.75 Å². The summed E-state index contributed by atoms with van der Waals surface area (Å²) in [6.07, 6.45) is 5.76. The Bertz CT molecular complexity index is 1870. The first-order valence-electron chi connectivity index (χ1n) is 15.3. The molecule has 12 nitrogen and oxygen atoms in total. The van der Waals surface area contributed by atoms with Gasteiger partial charge in [0, 0.05) is 43.7 Å². The fourth-order valence-electron chi connectivity index (χ4n) is 5.57. The minimum atomic E-state index is -1.35. The zero-order valence-electron chi connectivity index (χ0n) is 26.2. The molecular formula is C33H39N8O4S+. The molecule has 0 saturated carbocycles. The van der Waals surface area contributed by atoms with Crippen LogP contribution >= 0.6 is 0 Å². The number of fused-ring (bicyclic) bond motifs is 1. The molecule has 13 heteroatoms. The van der Waals surface area contributed by atoms with E-state index in [1.165, 1.54) is 0 Å². The number of aryl methyl sites for hydroxylation is 1. The Hall–Kier alpha value is -4.59. The van der Waals surface area contributed by atoms with Crippen LogP contribution in [0.15, 0.2) is 83.0 Å². The summed E-state index contributed by atoms with van der Waals surface area (Å²) in [5, 5.41) is 7.92. The van der Waals surface area contributed by atoms with Crippen LogP contribution in [0.1, 0.15) is 18.5 Å². The van der Waals surface area contributed by atoms with Gasteiger partial charge in [-0.05, 0) is 61.9 Å². The van der Waals surface area contributed by atoms with E-state index in [1.807, 2.05) is 79.7 Å². The molecule has 1 aliphatic rings. The first-order chi connectivity index (χ1) is 22.4. The number of rotatable bonds is 12. The number of aromatic nitrogens is 5. The SMILES string of the molecule is COCCS(=O)c1c(Cn2c(=O)c(N(C)c3ccccc3)cc3cnc(Nc4ccc(OC5CCCNC5)cc4)nc32)[nH]c[n+]1C. The Morgan fingerprint density at radius 3 is 2.72 bits per heavy atom. The molecule has 3 aromatic heterocycles. The summed E-state index contributed by atoms with van der Waals surface area (Å²) in [4.78, 5) is 28.7. The molecule has 3 N–H and O–H groups in total. The summed E-state index contributed by atoms with van der Waals surface area (Å²) in [7, 11) is 3.92. The lowest BCUT2D eigenvalue weighted by atomic mass is 10.1. The molecule has 0 spiro atoms. The quantitative estimate of drug-likeness (QED) is 0.175. The van der Waals surface area contributed by atoms with Gasteiger partial charge in [0.15, 0.2) is 5.69 Å². The maximum absolute atomic E-state index is 14.2. The van der Waals surface area contributed by atoms with Crippen molar-refractivity contribution in [2.75, 3.05) is 49.8 Å². The smallest absolute Gasteiger partial charge is 0.276 e. The van der Waals surface area contributed by atoms with Crippen LogP contribution in [0.4, 0.5) is 23.0 Å². The van der Waals surface area contributed by atoms with E-state index in [2.05, 4.69) is 20.6 Å². The second kappa shape index (κ2) is 14.2. The highest BCUT2D eigenvalue weighted by Crippen LogP contribution is 2.26. The minimum absolute atomic E-state index is 0.124. The first-order valence-corrected chi connectivity index (χ1v) is 16.6. The van der Waals surface area contributed by atoms with Gasteiger partial charge >= 0.3 is 0 Å².